The fraction of sp³-hybridized carbons (Fsp3) is 0. The summed E-state index contributed by atoms with van der Waals surface area (Å²) in [5.41, 5.74) is 2.85. The van der Waals surface area contributed by atoms with Crippen LogP contribution in [0.1, 0.15) is 20.7 Å². The average molecular weight is 386 g/mol. The van der Waals surface area contributed by atoms with Gasteiger partial charge in [-0.2, -0.15) is 0 Å². The first-order chi connectivity index (χ1) is 10.3. The summed E-state index contributed by atoms with van der Waals surface area (Å²) in [7, 11) is 0. The molecule has 0 atom stereocenters. The number of aldehydes is 2. The smallest absolute Gasteiger partial charge is 0.150 e. The Bertz CT molecular complexity index is 853. The molecule has 0 saturated carbocycles. The minimum Gasteiger partial charge on any atom is -0.298 e. The van der Waals surface area contributed by atoms with E-state index in [9.17, 15) is 9.59 Å². The van der Waals surface area contributed by atoms with E-state index in [2.05, 4.69) is 22.6 Å². The molecule has 3 aromatic rings. The van der Waals surface area contributed by atoms with E-state index in [-0.39, 0.29) is 0 Å². The Kier molecular flexibility index (Phi) is 3.84. The Morgan fingerprint density at radius 3 is 2.19 bits per heavy atom. The van der Waals surface area contributed by atoms with Gasteiger partial charge >= 0.3 is 0 Å². The molecular formula is C18H11IO2. The molecule has 3 aromatic carbocycles. The van der Waals surface area contributed by atoms with Crippen molar-refractivity contribution in [3.05, 3.63) is 69.3 Å². The minimum atomic E-state index is 0.598. The lowest BCUT2D eigenvalue weighted by molar-refractivity contribution is 0.111. The lowest BCUT2D eigenvalue weighted by Crippen LogP contribution is -1.96. The molecule has 21 heavy (non-hydrogen) atoms. The number of rotatable bonds is 3. The molecule has 102 valence electrons. The number of hydrogen-bond donors (Lipinski definition) is 0. The maximum Gasteiger partial charge on any atom is 0.150 e. The molecule has 0 spiro atoms. The minimum absolute atomic E-state index is 0.598. The van der Waals surface area contributed by atoms with Crippen LogP contribution in [-0.4, -0.2) is 12.6 Å². The van der Waals surface area contributed by atoms with E-state index < -0.39 is 0 Å². The van der Waals surface area contributed by atoms with Crippen LogP contribution in [0.3, 0.4) is 0 Å². The quantitative estimate of drug-likeness (QED) is 0.482. The second-order valence-electron chi connectivity index (χ2n) is 4.69. The summed E-state index contributed by atoms with van der Waals surface area (Å²) in [6, 6.07) is 17.2. The second kappa shape index (κ2) is 5.77. The zero-order chi connectivity index (χ0) is 14.8. The van der Waals surface area contributed by atoms with Crippen LogP contribution in [0.15, 0.2) is 54.6 Å². The Labute approximate surface area is 135 Å². The topological polar surface area (TPSA) is 34.1 Å². The van der Waals surface area contributed by atoms with E-state index in [1.165, 1.54) is 0 Å². The molecule has 0 amide bonds. The lowest BCUT2D eigenvalue weighted by atomic mass is 9.91. The maximum atomic E-state index is 11.5. The van der Waals surface area contributed by atoms with Crippen LogP contribution >= 0.6 is 22.6 Å². The monoisotopic (exact) mass is 386 g/mol. The molecule has 3 rings (SSSR count). The van der Waals surface area contributed by atoms with Gasteiger partial charge in [0, 0.05) is 25.8 Å². The van der Waals surface area contributed by atoms with E-state index in [0.717, 1.165) is 38.0 Å². The molecule has 0 bridgehead atoms. The van der Waals surface area contributed by atoms with E-state index in [0.29, 0.717) is 11.1 Å². The molecule has 0 unspecified atom stereocenters. The van der Waals surface area contributed by atoms with Crippen LogP contribution in [0.5, 0.6) is 0 Å². The van der Waals surface area contributed by atoms with E-state index in [4.69, 9.17) is 0 Å². The summed E-state index contributed by atoms with van der Waals surface area (Å²) in [5, 5.41) is 2.03. The first-order valence-corrected chi connectivity index (χ1v) is 7.55. The van der Waals surface area contributed by atoms with Gasteiger partial charge in [0.15, 0.2) is 12.6 Å². The van der Waals surface area contributed by atoms with E-state index in [1.807, 2.05) is 48.5 Å². The van der Waals surface area contributed by atoms with Gasteiger partial charge in [-0.1, -0.05) is 48.5 Å². The van der Waals surface area contributed by atoms with Gasteiger partial charge in [0.05, 0.1) is 0 Å². The van der Waals surface area contributed by atoms with Gasteiger partial charge in [-0.05, 0) is 39.4 Å². The molecule has 0 aliphatic carbocycles. The van der Waals surface area contributed by atoms with Crippen LogP contribution in [0, 0.1) is 3.57 Å². The van der Waals surface area contributed by atoms with Crippen LogP contribution in [0.4, 0.5) is 0 Å². The highest BCUT2D eigenvalue weighted by atomic mass is 127. The van der Waals surface area contributed by atoms with Gasteiger partial charge in [-0.15, -0.1) is 0 Å². The van der Waals surface area contributed by atoms with Crippen LogP contribution in [-0.2, 0) is 0 Å². The standard InChI is InChI=1S/C18H11IO2/c19-16-7-3-5-13(10-20)18(16)17-14(11-21)9-8-12-4-1-2-6-15(12)17/h1-11H. The van der Waals surface area contributed by atoms with Crippen molar-refractivity contribution in [2.24, 2.45) is 0 Å². The zero-order valence-corrected chi connectivity index (χ0v) is 13.2. The van der Waals surface area contributed by atoms with Crippen molar-refractivity contribution in [1.82, 2.24) is 0 Å². The van der Waals surface area contributed by atoms with E-state index in [1.54, 1.807) is 6.07 Å². The fourth-order valence-corrected chi connectivity index (χ4v) is 3.36. The third-order valence-electron chi connectivity index (χ3n) is 3.51. The SMILES string of the molecule is O=Cc1cccc(I)c1-c1c(C=O)ccc2ccccc12. The molecule has 0 heterocycles. The largest absolute Gasteiger partial charge is 0.298 e. The van der Waals surface area contributed by atoms with Crippen LogP contribution in [0.2, 0.25) is 0 Å². The van der Waals surface area contributed by atoms with Crippen molar-refractivity contribution >= 4 is 45.9 Å². The van der Waals surface area contributed by atoms with Crippen molar-refractivity contribution in [3.8, 4) is 11.1 Å². The number of halogens is 1. The fourth-order valence-electron chi connectivity index (χ4n) is 2.57. The second-order valence-corrected chi connectivity index (χ2v) is 5.85. The molecule has 0 aliphatic heterocycles. The summed E-state index contributed by atoms with van der Waals surface area (Å²) < 4.78 is 0.955. The van der Waals surface area contributed by atoms with Crippen molar-refractivity contribution in [3.63, 3.8) is 0 Å². The molecule has 0 radical (unpaired) electrons. The van der Waals surface area contributed by atoms with Crippen molar-refractivity contribution < 1.29 is 9.59 Å². The molecule has 0 aliphatic rings. The summed E-state index contributed by atoms with van der Waals surface area (Å²) in [6.45, 7) is 0. The van der Waals surface area contributed by atoms with Crippen molar-refractivity contribution in [2.75, 3.05) is 0 Å². The third-order valence-corrected chi connectivity index (χ3v) is 4.41. The predicted molar refractivity (Wildman–Crippen MR) is 92.9 cm³/mol. The molecule has 3 heteroatoms. The maximum absolute atomic E-state index is 11.5. The average Bonchev–Trinajstić information content (AvgIpc) is 2.53. The number of carbonyl (C=O) groups is 2. The molecule has 0 N–H and O–H groups in total. The third kappa shape index (κ3) is 2.38. The number of hydrogen-bond acceptors (Lipinski definition) is 2. The highest BCUT2D eigenvalue weighted by Gasteiger charge is 2.15. The summed E-state index contributed by atoms with van der Waals surface area (Å²) in [6.07, 6.45) is 1.69. The normalized spacial score (nSPS) is 10.5. The van der Waals surface area contributed by atoms with Crippen molar-refractivity contribution in [2.45, 2.75) is 0 Å². The number of carbonyl (C=O) groups excluding carboxylic acids is 2. The Morgan fingerprint density at radius 1 is 0.714 bits per heavy atom. The predicted octanol–water partition coefficient (Wildman–Crippen LogP) is 4.74. The highest BCUT2D eigenvalue weighted by molar-refractivity contribution is 14.1. The van der Waals surface area contributed by atoms with Crippen LogP contribution in [0.25, 0.3) is 21.9 Å². The first kappa shape index (κ1) is 13.9. The van der Waals surface area contributed by atoms with Crippen molar-refractivity contribution in [1.29, 1.82) is 0 Å². The Balaban J connectivity index is 2.50. The number of benzene rings is 3. The van der Waals surface area contributed by atoms with Gasteiger partial charge in [0.25, 0.3) is 0 Å². The van der Waals surface area contributed by atoms with Gasteiger partial charge in [-0.25, -0.2) is 0 Å². The molecule has 0 saturated heterocycles. The number of fused-ring (bicyclic) bond motifs is 1. The first-order valence-electron chi connectivity index (χ1n) is 6.47. The summed E-state index contributed by atoms with van der Waals surface area (Å²) in [5.74, 6) is 0. The van der Waals surface area contributed by atoms with Crippen LogP contribution < -0.4 is 0 Å². The molecule has 2 nitrogen and oxygen atoms in total. The van der Waals surface area contributed by atoms with Gasteiger partial charge in [0.2, 0.25) is 0 Å². The van der Waals surface area contributed by atoms with E-state index >= 15 is 0 Å². The lowest BCUT2D eigenvalue weighted by Gasteiger charge is -2.13. The van der Waals surface area contributed by atoms with Gasteiger partial charge < -0.3 is 0 Å². The molecule has 0 aromatic heterocycles. The summed E-state index contributed by atoms with van der Waals surface area (Å²) in [4.78, 5) is 22.9. The Morgan fingerprint density at radius 2 is 1.43 bits per heavy atom. The molecular weight excluding hydrogens is 375 g/mol. The Hall–Kier alpha value is -2.01. The molecule has 0 fully saturated rings. The highest BCUT2D eigenvalue weighted by Crippen LogP contribution is 2.36. The zero-order valence-electron chi connectivity index (χ0n) is 11.0. The van der Waals surface area contributed by atoms with Gasteiger partial charge in [-0.3, -0.25) is 9.59 Å². The van der Waals surface area contributed by atoms with Gasteiger partial charge in [0.1, 0.15) is 0 Å². The summed E-state index contributed by atoms with van der Waals surface area (Å²) >= 11 is 2.20.